The Hall–Kier alpha value is -1.72. The number of fused-ring (bicyclic) bond motifs is 3. The molecule has 1 aromatic carbocycles. The van der Waals surface area contributed by atoms with Crippen LogP contribution in [0.5, 0.6) is 0 Å². The molecule has 1 unspecified atom stereocenters. The molecule has 2 bridgehead atoms. The van der Waals surface area contributed by atoms with Gasteiger partial charge in [-0.15, -0.1) is 0 Å². The summed E-state index contributed by atoms with van der Waals surface area (Å²) >= 11 is 0. The number of benzene rings is 1. The molecule has 3 aliphatic heterocycles. The average molecular weight is 284 g/mol. The molecule has 0 saturated carbocycles. The zero-order valence-corrected chi connectivity index (χ0v) is 12.0. The van der Waals surface area contributed by atoms with Crippen molar-refractivity contribution in [3.8, 4) is 11.4 Å². The van der Waals surface area contributed by atoms with Gasteiger partial charge in [-0.05, 0) is 43.3 Å². The molecule has 0 spiro atoms. The van der Waals surface area contributed by atoms with Crippen molar-refractivity contribution in [1.29, 1.82) is 0 Å². The number of piperidine rings is 3. The average Bonchev–Trinajstić information content (AvgIpc) is 3.05. The van der Waals surface area contributed by atoms with Crippen molar-refractivity contribution >= 4 is 0 Å². The molecular formula is C16H20N4O. The Morgan fingerprint density at radius 2 is 1.95 bits per heavy atom. The number of nitrogens with zero attached hydrogens (tertiary/aromatic N) is 3. The van der Waals surface area contributed by atoms with Crippen LogP contribution >= 0.6 is 0 Å². The van der Waals surface area contributed by atoms with Crippen LogP contribution in [0.15, 0.2) is 28.8 Å². The van der Waals surface area contributed by atoms with E-state index in [2.05, 4.69) is 39.3 Å². The molecule has 0 aliphatic carbocycles. The van der Waals surface area contributed by atoms with E-state index in [-0.39, 0.29) is 6.54 Å². The Labute approximate surface area is 124 Å². The van der Waals surface area contributed by atoms with Gasteiger partial charge in [0.2, 0.25) is 11.7 Å². The Kier molecular flexibility index (Phi) is 3.24. The Balaban J connectivity index is 1.56. The van der Waals surface area contributed by atoms with E-state index in [1.54, 1.807) is 0 Å². The SMILES string of the molecule is NCc1nc(-c2ccc(C3CN4CCC3CC4)cc2)no1. The molecule has 5 nitrogen and oxygen atoms in total. The fourth-order valence-electron chi connectivity index (χ4n) is 3.68. The van der Waals surface area contributed by atoms with Crippen LogP contribution in [0.25, 0.3) is 11.4 Å². The molecule has 4 heterocycles. The lowest BCUT2D eigenvalue weighted by Crippen LogP contribution is -2.46. The molecule has 2 aromatic rings. The van der Waals surface area contributed by atoms with Gasteiger partial charge >= 0.3 is 0 Å². The van der Waals surface area contributed by atoms with Crippen LogP contribution in [0.3, 0.4) is 0 Å². The summed E-state index contributed by atoms with van der Waals surface area (Å²) < 4.78 is 5.06. The van der Waals surface area contributed by atoms with Gasteiger partial charge in [0.1, 0.15) is 0 Å². The second-order valence-electron chi connectivity index (χ2n) is 6.08. The maximum atomic E-state index is 5.50. The van der Waals surface area contributed by atoms with Gasteiger partial charge in [0.25, 0.3) is 0 Å². The number of hydrogen-bond donors (Lipinski definition) is 1. The van der Waals surface area contributed by atoms with E-state index in [4.69, 9.17) is 10.3 Å². The summed E-state index contributed by atoms with van der Waals surface area (Å²) in [6, 6.07) is 8.64. The smallest absolute Gasteiger partial charge is 0.240 e. The number of hydrogen-bond acceptors (Lipinski definition) is 5. The van der Waals surface area contributed by atoms with E-state index in [9.17, 15) is 0 Å². The van der Waals surface area contributed by atoms with E-state index in [0.717, 1.165) is 11.5 Å². The highest BCUT2D eigenvalue weighted by Crippen LogP contribution is 2.39. The second kappa shape index (κ2) is 5.24. The zero-order chi connectivity index (χ0) is 14.2. The first-order valence-electron chi connectivity index (χ1n) is 7.69. The second-order valence-corrected chi connectivity index (χ2v) is 6.08. The lowest BCUT2D eigenvalue weighted by molar-refractivity contribution is 0.0871. The van der Waals surface area contributed by atoms with Crippen molar-refractivity contribution in [1.82, 2.24) is 15.0 Å². The fourth-order valence-corrected chi connectivity index (χ4v) is 3.68. The van der Waals surface area contributed by atoms with E-state index in [1.807, 2.05) is 0 Å². The normalized spacial score (nSPS) is 28.0. The highest BCUT2D eigenvalue weighted by Gasteiger charge is 2.34. The van der Waals surface area contributed by atoms with Gasteiger partial charge in [0.15, 0.2) is 0 Å². The summed E-state index contributed by atoms with van der Waals surface area (Å²) in [5, 5.41) is 3.96. The summed E-state index contributed by atoms with van der Waals surface area (Å²) in [4.78, 5) is 6.86. The third kappa shape index (κ3) is 2.36. The molecule has 5 heteroatoms. The van der Waals surface area contributed by atoms with Gasteiger partial charge in [-0.2, -0.15) is 4.98 Å². The van der Waals surface area contributed by atoms with Gasteiger partial charge in [-0.25, -0.2) is 0 Å². The summed E-state index contributed by atoms with van der Waals surface area (Å²) in [5.74, 6) is 2.64. The molecule has 110 valence electrons. The van der Waals surface area contributed by atoms with Crippen molar-refractivity contribution in [2.24, 2.45) is 11.7 Å². The predicted octanol–water partition coefficient (Wildman–Crippen LogP) is 2.00. The molecule has 1 atom stereocenters. The summed E-state index contributed by atoms with van der Waals surface area (Å²) in [6.07, 6.45) is 2.69. The summed E-state index contributed by atoms with van der Waals surface area (Å²) in [6.45, 7) is 4.06. The monoisotopic (exact) mass is 284 g/mol. The minimum absolute atomic E-state index is 0.282. The standard InChI is InChI=1S/C16H20N4O/c17-9-15-18-16(19-21-15)13-3-1-11(2-4-13)14-10-20-7-5-12(14)6-8-20/h1-4,12,14H,5-10,17H2. The number of aromatic nitrogens is 2. The molecule has 0 amide bonds. The minimum Gasteiger partial charge on any atom is -0.338 e. The highest BCUT2D eigenvalue weighted by atomic mass is 16.5. The van der Waals surface area contributed by atoms with Crippen LogP contribution < -0.4 is 5.73 Å². The Morgan fingerprint density at radius 3 is 2.52 bits per heavy atom. The molecule has 3 aliphatic rings. The van der Waals surface area contributed by atoms with Crippen molar-refractivity contribution in [2.75, 3.05) is 19.6 Å². The lowest BCUT2D eigenvalue weighted by atomic mass is 9.75. The first kappa shape index (κ1) is 13.0. The van der Waals surface area contributed by atoms with Crippen LogP contribution in [0.2, 0.25) is 0 Å². The maximum Gasteiger partial charge on any atom is 0.240 e. The minimum atomic E-state index is 0.282. The zero-order valence-electron chi connectivity index (χ0n) is 12.0. The molecule has 2 N–H and O–H groups in total. The third-order valence-corrected chi connectivity index (χ3v) is 4.90. The van der Waals surface area contributed by atoms with Crippen molar-refractivity contribution in [3.63, 3.8) is 0 Å². The molecule has 0 radical (unpaired) electrons. The molecular weight excluding hydrogens is 264 g/mol. The molecule has 5 rings (SSSR count). The van der Waals surface area contributed by atoms with Gasteiger partial charge in [-0.1, -0.05) is 29.4 Å². The molecule has 21 heavy (non-hydrogen) atoms. The van der Waals surface area contributed by atoms with Crippen LogP contribution in [-0.4, -0.2) is 34.7 Å². The highest BCUT2D eigenvalue weighted by molar-refractivity contribution is 5.55. The summed E-state index contributed by atoms with van der Waals surface area (Å²) in [5.41, 5.74) is 7.93. The third-order valence-electron chi connectivity index (χ3n) is 4.90. The van der Waals surface area contributed by atoms with Gasteiger partial charge in [-0.3, -0.25) is 0 Å². The van der Waals surface area contributed by atoms with Gasteiger partial charge < -0.3 is 15.2 Å². The van der Waals surface area contributed by atoms with E-state index >= 15 is 0 Å². The predicted molar refractivity (Wildman–Crippen MR) is 79.5 cm³/mol. The Bertz CT molecular complexity index is 613. The molecule has 3 saturated heterocycles. The van der Waals surface area contributed by atoms with Crippen molar-refractivity contribution in [2.45, 2.75) is 25.3 Å². The first-order valence-corrected chi connectivity index (χ1v) is 7.69. The van der Waals surface area contributed by atoms with E-state index < -0.39 is 0 Å². The van der Waals surface area contributed by atoms with E-state index in [1.165, 1.54) is 38.0 Å². The molecule has 3 fully saturated rings. The van der Waals surface area contributed by atoms with Crippen LogP contribution in [0, 0.1) is 5.92 Å². The Morgan fingerprint density at radius 1 is 1.19 bits per heavy atom. The van der Waals surface area contributed by atoms with Crippen molar-refractivity contribution < 1.29 is 4.52 Å². The van der Waals surface area contributed by atoms with Crippen LogP contribution in [0.4, 0.5) is 0 Å². The molecule has 1 aromatic heterocycles. The van der Waals surface area contributed by atoms with Crippen LogP contribution in [0.1, 0.15) is 30.2 Å². The topological polar surface area (TPSA) is 68.2 Å². The maximum absolute atomic E-state index is 5.50. The van der Waals surface area contributed by atoms with Gasteiger partial charge in [0, 0.05) is 12.1 Å². The number of rotatable bonds is 3. The summed E-state index contributed by atoms with van der Waals surface area (Å²) in [7, 11) is 0. The van der Waals surface area contributed by atoms with Crippen molar-refractivity contribution in [3.05, 3.63) is 35.7 Å². The lowest BCUT2D eigenvalue weighted by Gasteiger charge is -2.45. The van der Waals surface area contributed by atoms with Gasteiger partial charge in [0.05, 0.1) is 6.54 Å². The van der Waals surface area contributed by atoms with Crippen LogP contribution in [-0.2, 0) is 6.54 Å². The largest absolute Gasteiger partial charge is 0.338 e. The fraction of sp³-hybridized carbons (Fsp3) is 0.500. The number of nitrogens with two attached hydrogens (primary N) is 1. The quantitative estimate of drug-likeness (QED) is 0.933. The van der Waals surface area contributed by atoms with E-state index in [0.29, 0.717) is 17.6 Å². The first-order chi connectivity index (χ1) is 10.3.